The molecule has 0 unspecified atom stereocenters. The van der Waals surface area contributed by atoms with E-state index >= 15 is 0 Å². The molecule has 1 saturated heterocycles. The van der Waals surface area contributed by atoms with Gasteiger partial charge in [-0.2, -0.15) is 10.2 Å². The average molecular weight is 332 g/mol. The van der Waals surface area contributed by atoms with Gasteiger partial charge in [0.1, 0.15) is 0 Å². The maximum atomic E-state index is 12.6. The molecule has 0 spiro atoms. The Morgan fingerprint density at radius 2 is 2.08 bits per heavy atom. The summed E-state index contributed by atoms with van der Waals surface area (Å²) in [6.07, 6.45) is 8.21. The maximum Gasteiger partial charge on any atom is 0.255 e. The SMILES string of the molecule is O=C(c1ccnnc1)N1CCC[C@@H](Cc2cnc3ccccc3c2)C1. The Kier molecular flexibility index (Phi) is 4.37. The zero-order chi connectivity index (χ0) is 17.1. The molecule has 3 heterocycles. The van der Waals surface area contributed by atoms with Gasteiger partial charge in [0.25, 0.3) is 5.91 Å². The summed E-state index contributed by atoms with van der Waals surface area (Å²) in [6.45, 7) is 1.60. The van der Waals surface area contributed by atoms with Crippen molar-refractivity contribution < 1.29 is 4.79 Å². The molecule has 1 fully saturated rings. The van der Waals surface area contributed by atoms with E-state index < -0.39 is 0 Å². The van der Waals surface area contributed by atoms with Crippen LogP contribution < -0.4 is 0 Å². The lowest BCUT2D eigenvalue weighted by atomic mass is 9.91. The van der Waals surface area contributed by atoms with Crippen molar-refractivity contribution in [2.24, 2.45) is 5.92 Å². The van der Waals surface area contributed by atoms with Gasteiger partial charge in [-0.15, -0.1) is 0 Å². The second kappa shape index (κ2) is 6.97. The summed E-state index contributed by atoms with van der Waals surface area (Å²) in [5, 5.41) is 8.72. The van der Waals surface area contributed by atoms with Gasteiger partial charge < -0.3 is 4.90 Å². The number of fused-ring (bicyclic) bond motifs is 1. The van der Waals surface area contributed by atoms with Crippen LogP contribution in [0, 0.1) is 5.92 Å². The molecule has 0 aliphatic carbocycles. The van der Waals surface area contributed by atoms with E-state index in [0.717, 1.165) is 37.9 Å². The van der Waals surface area contributed by atoms with Gasteiger partial charge in [0.15, 0.2) is 0 Å². The van der Waals surface area contributed by atoms with E-state index in [1.54, 1.807) is 18.5 Å². The van der Waals surface area contributed by atoms with Crippen LogP contribution in [0.4, 0.5) is 0 Å². The number of nitrogens with zero attached hydrogens (tertiary/aromatic N) is 4. The number of aromatic nitrogens is 3. The van der Waals surface area contributed by atoms with E-state index in [-0.39, 0.29) is 5.91 Å². The summed E-state index contributed by atoms with van der Waals surface area (Å²) < 4.78 is 0. The fourth-order valence-corrected chi connectivity index (χ4v) is 3.58. The highest BCUT2D eigenvalue weighted by Gasteiger charge is 2.24. The molecule has 0 bridgehead atoms. The highest BCUT2D eigenvalue weighted by molar-refractivity contribution is 5.93. The van der Waals surface area contributed by atoms with Crippen LogP contribution in [0.2, 0.25) is 0 Å². The molecular formula is C20H20N4O. The summed E-state index contributed by atoms with van der Waals surface area (Å²) in [7, 11) is 0. The van der Waals surface area contributed by atoms with E-state index in [1.807, 2.05) is 29.3 Å². The fourth-order valence-electron chi connectivity index (χ4n) is 3.58. The first-order valence-corrected chi connectivity index (χ1v) is 8.69. The molecule has 4 rings (SSSR count). The molecule has 0 radical (unpaired) electrons. The fraction of sp³-hybridized carbons (Fsp3) is 0.300. The van der Waals surface area contributed by atoms with Crippen molar-refractivity contribution in [1.29, 1.82) is 0 Å². The first kappa shape index (κ1) is 15.7. The topological polar surface area (TPSA) is 59.0 Å². The van der Waals surface area contributed by atoms with Crippen molar-refractivity contribution >= 4 is 16.8 Å². The number of likely N-dealkylation sites (tertiary alicyclic amines) is 1. The minimum absolute atomic E-state index is 0.0521. The van der Waals surface area contributed by atoms with Gasteiger partial charge >= 0.3 is 0 Å². The molecular weight excluding hydrogens is 312 g/mol. The quantitative estimate of drug-likeness (QED) is 0.739. The Hall–Kier alpha value is -2.82. The van der Waals surface area contributed by atoms with Crippen LogP contribution >= 0.6 is 0 Å². The zero-order valence-corrected chi connectivity index (χ0v) is 14.0. The highest BCUT2D eigenvalue weighted by Crippen LogP contribution is 2.23. The largest absolute Gasteiger partial charge is 0.338 e. The second-order valence-electron chi connectivity index (χ2n) is 6.63. The maximum absolute atomic E-state index is 12.6. The first-order chi connectivity index (χ1) is 12.3. The van der Waals surface area contributed by atoms with Crippen LogP contribution in [0.25, 0.3) is 10.9 Å². The number of benzene rings is 1. The lowest BCUT2D eigenvalue weighted by molar-refractivity contribution is 0.0672. The molecule has 1 atom stereocenters. The number of carbonyl (C=O) groups excluding carboxylic acids is 1. The van der Waals surface area contributed by atoms with Crippen LogP contribution in [0.3, 0.4) is 0 Å². The van der Waals surface area contributed by atoms with Crippen molar-refractivity contribution in [2.75, 3.05) is 13.1 Å². The van der Waals surface area contributed by atoms with Gasteiger partial charge in [-0.1, -0.05) is 18.2 Å². The van der Waals surface area contributed by atoms with E-state index in [0.29, 0.717) is 11.5 Å². The zero-order valence-electron chi connectivity index (χ0n) is 14.0. The molecule has 0 saturated carbocycles. The Morgan fingerprint density at radius 3 is 2.96 bits per heavy atom. The molecule has 0 N–H and O–H groups in total. The summed E-state index contributed by atoms with van der Waals surface area (Å²) in [6, 6.07) is 12.1. The van der Waals surface area contributed by atoms with Crippen molar-refractivity contribution in [3.8, 4) is 0 Å². The third-order valence-electron chi connectivity index (χ3n) is 4.81. The molecule has 126 valence electrons. The van der Waals surface area contributed by atoms with Crippen LogP contribution in [-0.2, 0) is 6.42 Å². The monoisotopic (exact) mass is 332 g/mol. The Morgan fingerprint density at radius 1 is 1.16 bits per heavy atom. The van der Waals surface area contributed by atoms with Gasteiger partial charge in [-0.25, -0.2) is 0 Å². The van der Waals surface area contributed by atoms with Crippen molar-refractivity contribution in [3.05, 3.63) is 66.1 Å². The summed E-state index contributed by atoms with van der Waals surface area (Å²) in [5.41, 5.74) is 2.88. The number of hydrogen-bond donors (Lipinski definition) is 0. The van der Waals surface area contributed by atoms with E-state index in [4.69, 9.17) is 0 Å². The van der Waals surface area contributed by atoms with Crippen LogP contribution in [0.5, 0.6) is 0 Å². The van der Waals surface area contributed by atoms with Crippen molar-refractivity contribution in [1.82, 2.24) is 20.1 Å². The number of hydrogen-bond acceptors (Lipinski definition) is 4. The van der Waals surface area contributed by atoms with E-state index in [9.17, 15) is 4.79 Å². The van der Waals surface area contributed by atoms with Gasteiger partial charge in [0, 0.05) is 24.7 Å². The Bertz CT molecular complexity index is 881. The van der Waals surface area contributed by atoms with Gasteiger partial charge in [-0.3, -0.25) is 9.78 Å². The van der Waals surface area contributed by atoms with Crippen LogP contribution in [-0.4, -0.2) is 39.1 Å². The van der Waals surface area contributed by atoms with Gasteiger partial charge in [0.2, 0.25) is 0 Å². The number of para-hydroxylation sites is 1. The minimum Gasteiger partial charge on any atom is -0.338 e. The van der Waals surface area contributed by atoms with Crippen LogP contribution in [0.15, 0.2) is 55.0 Å². The number of piperidine rings is 1. The van der Waals surface area contributed by atoms with Gasteiger partial charge in [0.05, 0.1) is 23.5 Å². The molecule has 2 aromatic heterocycles. The smallest absolute Gasteiger partial charge is 0.255 e. The van der Waals surface area contributed by atoms with Gasteiger partial charge in [-0.05, 0) is 48.9 Å². The summed E-state index contributed by atoms with van der Waals surface area (Å²) in [4.78, 5) is 19.1. The normalized spacial score (nSPS) is 17.6. The molecule has 25 heavy (non-hydrogen) atoms. The van der Waals surface area contributed by atoms with E-state index in [1.165, 1.54) is 10.9 Å². The molecule has 3 aromatic rings. The number of carbonyl (C=O) groups is 1. The lowest BCUT2D eigenvalue weighted by Crippen LogP contribution is -2.40. The molecule has 1 aliphatic rings. The lowest BCUT2D eigenvalue weighted by Gasteiger charge is -2.32. The average Bonchev–Trinajstić information content (AvgIpc) is 2.68. The third kappa shape index (κ3) is 3.50. The number of rotatable bonds is 3. The number of pyridine rings is 1. The molecule has 5 heteroatoms. The Labute approximate surface area is 146 Å². The second-order valence-corrected chi connectivity index (χ2v) is 6.63. The summed E-state index contributed by atoms with van der Waals surface area (Å²) in [5.74, 6) is 0.520. The standard InChI is InChI=1S/C20H20N4O/c25-20(18-7-8-22-23-13-18)24-9-3-4-15(14-24)10-16-11-17-5-1-2-6-19(17)21-12-16/h1-2,5-8,11-13,15H,3-4,9-10,14H2/t15-/m0/s1. The first-order valence-electron chi connectivity index (χ1n) is 8.69. The molecule has 1 aliphatic heterocycles. The minimum atomic E-state index is 0.0521. The molecule has 1 aromatic carbocycles. The predicted octanol–water partition coefficient (Wildman–Crippen LogP) is 3.12. The third-order valence-corrected chi connectivity index (χ3v) is 4.81. The predicted molar refractivity (Wildman–Crippen MR) is 96.1 cm³/mol. The Balaban J connectivity index is 1.46. The molecule has 5 nitrogen and oxygen atoms in total. The van der Waals surface area contributed by atoms with Crippen molar-refractivity contribution in [2.45, 2.75) is 19.3 Å². The van der Waals surface area contributed by atoms with Crippen LogP contribution in [0.1, 0.15) is 28.8 Å². The number of amides is 1. The molecule has 1 amide bonds. The van der Waals surface area contributed by atoms with Crippen molar-refractivity contribution in [3.63, 3.8) is 0 Å². The van der Waals surface area contributed by atoms with E-state index in [2.05, 4.69) is 27.3 Å². The highest BCUT2D eigenvalue weighted by atomic mass is 16.2. The summed E-state index contributed by atoms with van der Waals surface area (Å²) >= 11 is 0.